The minimum Gasteiger partial charge on any atom is -0.432 e. The highest BCUT2D eigenvalue weighted by molar-refractivity contribution is 5.64. The molecule has 138 valence electrons. The summed E-state index contributed by atoms with van der Waals surface area (Å²) >= 11 is 0. The van der Waals surface area contributed by atoms with Crippen molar-refractivity contribution in [3.63, 3.8) is 0 Å². The highest BCUT2D eigenvalue weighted by atomic mass is 17.2. The average molecular weight is 336 g/mol. The predicted octanol–water partition coefficient (Wildman–Crippen LogP) is 4.50. The van der Waals surface area contributed by atoms with Crippen molar-refractivity contribution in [3.05, 3.63) is 0 Å². The number of hydrogen-bond donors (Lipinski definition) is 1. The molecule has 1 atom stereocenters. The van der Waals surface area contributed by atoms with E-state index in [0.717, 1.165) is 39.0 Å². The van der Waals surface area contributed by atoms with Gasteiger partial charge in [-0.25, -0.2) is 9.59 Å². The molecule has 0 aliphatic rings. The van der Waals surface area contributed by atoms with Gasteiger partial charge in [-0.2, -0.15) is 10.1 Å². The molecule has 0 heterocycles. The summed E-state index contributed by atoms with van der Waals surface area (Å²) in [6.07, 6.45) is 4.43. The molecule has 0 saturated carbocycles. The summed E-state index contributed by atoms with van der Waals surface area (Å²) in [7, 11) is 0. The first-order valence-corrected chi connectivity index (χ1v) is 8.06. The third-order valence-corrected chi connectivity index (χ3v) is 3.30. The van der Waals surface area contributed by atoms with Gasteiger partial charge in [0.05, 0.1) is 6.61 Å². The van der Waals surface area contributed by atoms with Crippen LogP contribution in [0, 0.1) is 5.92 Å². The number of carbonyl (C=O) groups is 2. The van der Waals surface area contributed by atoms with Crippen molar-refractivity contribution in [2.75, 3.05) is 6.61 Å². The lowest BCUT2D eigenvalue weighted by molar-refractivity contribution is -0.318. The number of rotatable bonds is 9. The van der Waals surface area contributed by atoms with Crippen molar-refractivity contribution in [2.45, 2.75) is 79.2 Å². The highest BCUT2D eigenvalue weighted by Crippen LogP contribution is 2.15. The fraction of sp³-hybridized carbons (Fsp3) is 0.875. The van der Waals surface area contributed by atoms with Crippen LogP contribution >= 0.6 is 0 Å². The van der Waals surface area contributed by atoms with Gasteiger partial charge in [-0.05, 0) is 32.6 Å². The van der Waals surface area contributed by atoms with Crippen LogP contribution in [0.5, 0.6) is 0 Å². The van der Waals surface area contributed by atoms with E-state index in [-0.39, 0.29) is 0 Å². The van der Waals surface area contributed by atoms with Gasteiger partial charge in [-0.3, -0.25) is 4.89 Å². The Balaban J connectivity index is 0. The van der Waals surface area contributed by atoms with Crippen LogP contribution in [-0.4, -0.2) is 29.6 Å². The van der Waals surface area contributed by atoms with Gasteiger partial charge >= 0.3 is 12.1 Å². The minimum atomic E-state index is -0.744. The molecule has 23 heavy (non-hydrogen) atoms. The predicted molar refractivity (Wildman–Crippen MR) is 85.6 cm³/mol. The Hall–Kier alpha value is -1.34. The Morgan fingerprint density at radius 1 is 1.17 bits per heavy atom. The molecule has 7 nitrogen and oxygen atoms in total. The van der Waals surface area contributed by atoms with Crippen molar-refractivity contribution in [3.8, 4) is 0 Å². The second-order valence-electron chi connectivity index (χ2n) is 5.84. The van der Waals surface area contributed by atoms with Crippen LogP contribution in [0.4, 0.5) is 4.79 Å². The molecule has 0 aromatic rings. The van der Waals surface area contributed by atoms with Crippen LogP contribution < -0.4 is 0 Å². The Bertz CT molecular complexity index is 316. The van der Waals surface area contributed by atoms with E-state index in [0.29, 0.717) is 12.5 Å². The number of hydrogen-bond acceptors (Lipinski definition) is 7. The second kappa shape index (κ2) is 14.3. The quantitative estimate of drug-likeness (QED) is 0.376. The summed E-state index contributed by atoms with van der Waals surface area (Å²) in [6, 6.07) is 0. The zero-order valence-corrected chi connectivity index (χ0v) is 15.2. The van der Waals surface area contributed by atoms with Gasteiger partial charge in [0.2, 0.25) is 0 Å². The summed E-state index contributed by atoms with van der Waals surface area (Å²) in [5.74, 6) is -0.276. The summed E-state index contributed by atoms with van der Waals surface area (Å²) in [5, 5.41) is 7.29. The van der Waals surface area contributed by atoms with E-state index in [1.807, 2.05) is 20.8 Å². The third kappa shape index (κ3) is 16.9. The molecule has 0 aliphatic heterocycles. The molecule has 0 fully saturated rings. The lowest BCUT2D eigenvalue weighted by atomic mass is 10.0. The van der Waals surface area contributed by atoms with Crippen molar-refractivity contribution in [1.29, 1.82) is 0 Å². The van der Waals surface area contributed by atoms with Gasteiger partial charge in [-0.1, -0.05) is 40.0 Å². The molecular weight excluding hydrogens is 304 g/mol. The first-order valence-electron chi connectivity index (χ1n) is 8.06. The normalized spacial score (nSPS) is 11.8. The zero-order valence-electron chi connectivity index (χ0n) is 15.2. The average Bonchev–Trinajstić information content (AvgIpc) is 2.53. The van der Waals surface area contributed by atoms with Crippen LogP contribution in [0.15, 0.2) is 0 Å². The topological polar surface area (TPSA) is 91.3 Å². The van der Waals surface area contributed by atoms with E-state index in [4.69, 9.17) is 14.9 Å². The zero-order chi connectivity index (χ0) is 18.3. The highest BCUT2D eigenvalue weighted by Gasteiger charge is 2.20. The molecule has 0 amide bonds. The SMILES string of the molecule is CC(=O)OO.CCCCC(CC)COC(=O)OOC(C)(C)CC. The number of ether oxygens (including phenoxy) is 1. The van der Waals surface area contributed by atoms with E-state index < -0.39 is 17.7 Å². The first kappa shape index (κ1) is 23.9. The van der Waals surface area contributed by atoms with E-state index in [1.54, 1.807) is 0 Å². The molecular formula is C16H32O7. The Morgan fingerprint density at radius 3 is 2.13 bits per heavy atom. The van der Waals surface area contributed by atoms with Gasteiger partial charge in [0.1, 0.15) is 5.60 Å². The molecule has 0 rings (SSSR count). The molecule has 0 spiro atoms. The number of unbranched alkanes of at least 4 members (excludes halogenated alkanes) is 1. The van der Waals surface area contributed by atoms with Crippen LogP contribution in [0.2, 0.25) is 0 Å². The molecule has 0 radical (unpaired) electrons. The fourth-order valence-corrected chi connectivity index (χ4v) is 1.31. The van der Waals surface area contributed by atoms with Gasteiger partial charge in [-0.15, -0.1) is 0 Å². The van der Waals surface area contributed by atoms with Crippen LogP contribution in [0.1, 0.15) is 73.6 Å². The van der Waals surface area contributed by atoms with E-state index >= 15 is 0 Å². The molecule has 1 unspecified atom stereocenters. The molecule has 7 heteroatoms. The van der Waals surface area contributed by atoms with Crippen LogP contribution in [0.25, 0.3) is 0 Å². The first-order chi connectivity index (χ1) is 10.7. The smallest absolute Gasteiger partial charge is 0.432 e. The van der Waals surface area contributed by atoms with Crippen molar-refractivity contribution in [1.82, 2.24) is 0 Å². The van der Waals surface area contributed by atoms with E-state index in [9.17, 15) is 9.59 Å². The van der Waals surface area contributed by atoms with Gasteiger partial charge < -0.3 is 9.62 Å². The fourth-order valence-electron chi connectivity index (χ4n) is 1.31. The standard InChI is InChI=1S/C14H28O4.C2H4O3/c1-6-9-10-12(7-2)11-16-13(15)17-18-14(4,5)8-3;1-2(3)5-4/h12H,6-11H2,1-5H3;4H,1H3. The number of carbonyl (C=O) groups excluding carboxylic acids is 2. The molecule has 0 saturated heterocycles. The Kier molecular flexibility index (Phi) is 14.8. The second-order valence-corrected chi connectivity index (χ2v) is 5.84. The van der Waals surface area contributed by atoms with E-state index in [1.165, 1.54) is 0 Å². The van der Waals surface area contributed by atoms with Crippen LogP contribution in [-0.2, 0) is 24.2 Å². The Labute approximate surface area is 139 Å². The molecule has 0 aliphatic carbocycles. The summed E-state index contributed by atoms with van der Waals surface area (Å²) in [5.41, 5.74) is -0.467. The lowest BCUT2D eigenvalue weighted by Crippen LogP contribution is -2.26. The third-order valence-electron chi connectivity index (χ3n) is 3.30. The maximum atomic E-state index is 11.3. The summed E-state index contributed by atoms with van der Waals surface area (Å²) in [6.45, 7) is 11.5. The monoisotopic (exact) mass is 336 g/mol. The minimum absolute atomic E-state index is 0.408. The molecule has 0 aromatic heterocycles. The molecule has 0 bridgehead atoms. The van der Waals surface area contributed by atoms with Crippen molar-refractivity contribution < 1.29 is 34.2 Å². The molecule has 0 aromatic carbocycles. The van der Waals surface area contributed by atoms with Gasteiger partial charge in [0.25, 0.3) is 0 Å². The van der Waals surface area contributed by atoms with Crippen molar-refractivity contribution >= 4 is 12.1 Å². The summed E-state index contributed by atoms with van der Waals surface area (Å²) < 4.78 is 5.05. The largest absolute Gasteiger partial charge is 0.540 e. The Morgan fingerprint density at radius 2 is 1.74 bits per heavy atom. The van der Waals surface area contributed by atoms with E-state index in [2.05, 4.69) is 23.6 Å². The molecule has 1 N–H and O–H groups in total. The summed E-state index contributed by atoms with van der Waals surface area (Å²) in [4.78, 5) is 33.4. The van der Waals surface area contributed by atoms with Crippen LogP contribution in [0.3, 0.4) is 0 Å². The van der Waals surface area contributed by atoms with Gasteiger partial charge in [0.15, 0.2) is 0 Å². The van der Waals surface area contributed by atoms with Crippen molar-refractivity contribution in [2.24, 2.45) is 5.92 Å². The maximum Gasteiger partial charge on any atom is 0.540 e. The maximum absolute atomic E-state index is 11.3. The lowest BCUT2D eigenvalue weighted by Gasteiger charge is -2.20. The van der Waals surface area contributed by atoms with Gasteiger partial charge in [0, 0.05) is 6.92 Å².